The number of hydrogen-bond donors (Lipinski definition) is 0. The monoisotopic (exact) mass is 177 g/mol. The molecule has 0 aromatic carbocycles. The molecular weight excluding hydrogens is 162 g/mol. The minimum atomic E-state index is 0.636. The van der Waals surface area contributed by atoms with E-state index in [1.807, 2.05) is 12.3 Å². The molecule has 13 heavy (non-hydrogen) atoms. The van der Waals surface area contributed by atoms with Gasteiger partial charge < -0.3 is 4.79 Å². The molecule has 2 heteroatoms. The normalized spacial score (nSPS) is 9.92. The van der Waals surface area contributed by atoms with Crippen molar-refractivity contribution in [2.45, 2.75) is 32.6 Å². The van der Waals surface area contributed by atoms with Gasteiger partial charge in [-0.05, 0) is 30.9 Å². The predicted molar refractivity (Wildman–Crippen MR) is 52.6 cm³/mol. The molecule has 0 N–H and O–H groups in total. The minimum Gasteiger partial charge on any atom is -0.303 e. The summed E-state index contributed by atoms with van der Waals surface area (Å²) in [6.45, 7) is 2.11. The Hall–Kier alpha value is -1.18. The molecular formula is C11H15NO. The Morgan fingerprint density at radius 3 is 2.85 bits per heavy atom. The highest BCUT2D eigenvalue weighted by Gasteiger charge is 1.94. The molecule has 0 fully saturated rings. The van der Waals surface area contributed by atoms with E-state index in [4.69, 9.17) is 0 Å². The van der Waals surface area contributed by atoms with E-state index in [2.05, 4.69) is 18.0 Å². The first kappa shape index (κ1) is 9.90. The molecule has 0 spiro atoms. The molecule has 70 valence electrons. The van der Waals surface area contributed by atoms with Gasteiger partial charge in [-0.3, -0.25) is 4.98 Å². The third-order valence-electron chi connectivity index (χ3n) is 2.05. The van der Waals surface area contributed by atoms with Crippen LogP contribution < -0.4 is 0 Å². The second-order valence-corrected chi connectivity index (χ2v) is 3.07. The van der Waals surface area contributed by atoms with E-state index in [1.54, 1.807) is 0 Å². The van der Waals surface area contributed by atoms with Gasteiger partial charge in [-0.1, -0.05) is 13.0 Å². The van der Waals surface area contributed by atoms with Crippen LogP contribution in [0.25, 0.3) is 0 Å². The fourth-order valence-electron chi connectivity index (χ4n) is 1.18. The van der Waals surface area contributed by atoms with Gasteiger partial charge in [-0.15, -0.1) is 0 Å². The maximum atomic E-state index is 10.1. The van der Waals surface area contributed by atoms with Crippen LogP contribution in [0.1, 0.15) is 31.0 Å². The van der Waals surface area contributed by atoms with Crippen LogP contribution in [-0.2, 0) is 17.6 Å². The number of nitrogens with zero attached hydrogens (tertiary/aromatic N) is 1. The first-order valence-corrected chi connectivity index (χ1v) is 4.74. The van der Waals surface area contributed by atoms with Crippen LogP contribution in [0.3, 0.4) is 0 Å². The Morgan fingerprint density at radius 2 is 2.31 bits per heavy atom. The van der Waals surface area contributed by atoms with Crippen molar-refractivity contribution in [1.29, 1.82) is 0 Å². The maximum Gasteiger partial charge on any atom is 0.120 e. The van der Waals surface area contributed by atoms with Crippen molar-refractivity contribution in [2.75, 3.05) is 0 Å². The van der Waals surface area contributed by atoms with Gasteiger partial charge in [-0.2, -0.15) is 0 Å². The summed E-state index contributed by atoms with van der Waals surface area (Å²) in [6, 6.07) is 4.15. The van der Waals surface area contributed by atoms with Crippen molar-refractivity contribution in [3.05, 3.63) is 29.6 Å². The van der Waals surface area contributed by atoms with E-state index in [1.165, 1.54) is 5.56 Å². The molecule has 0 radical (unpaired) electrons. The van der Waals surface area contributed by atoms with E-state index in [-0.39, 0.29) is 0 Å². The molecule has 0 aliphatic rings. The summed E-state index contributed by atoms with van der Waals surface area (Å²) in [4.78, 5) is 14.4. The lowest BCUT2D eigenvalue weighted by Gasteiger charge is -1.99. The molecule has 0 aliphatic heterocycles. The number of hydrogen-bond acceptors (Lipinski definition) is 2. The Bertz CT molecular complexity index is 253. The van der Waals surface area contributed by atoms with Crippen LogP contribution in [-0.4, -0.2) is 11.3 Å². The molecule has 0 saturated heterocycles. The lowest BCUT2D eigenvalue weighted by molar-refractivity contribution is -0.107. The molecule has 0 aliphatic carbocycles. The molecule has 0 amide bonds. The standard InChI is InChI=1S/C11H15NO/c1-2-10-6-7-11(12-9-10)5-3-4-8-13/h6-9H,2-5H2,1H3. The number of aryl methyl sites for hydroxylation is 2. The van der Waals surface area contributed by atoms with Crippen LogP contribution in [0.5, 0.6) is 0 Å². The van der Waals surface area contributed by atoms with Crippen LogP contribution in [0.4, 0.5) is 0 Å². The van der Waals surface area contributed by atoms with Crippen molar-refractivity contribution in [2.24, 2.45) is 0 Å². The topological polar surface area (TPSA) is 30.0 Å². The van der Waals surface area contributed by atoms with E-state index in [0.717, 1.165) is 31.2 Å². The fraction of sp³-hybridized carbons (Fsp3) is 0.455. The zero-order valence-electron chi connectivity index (χ0n) is 7.99. The van der Waals surface area contributed by atoms with Crippen molar-refractivity contribution in [1.82, 2.24) is 4.98 Å². The number of pyridine rings is 1. The summed E-state index contributed by atoms with van der Waals surface area (Å²) in [7, 11) is 0. The largest absolute Gasteiger partial charge is 0.303 e. The summed E-state index contributed by atoms with van der Waals surface area (Å²) in [6.07, 6.45) is 6.35. The molecule has 1 heterocycles. The van der Waals surface area contributed by atoms with Gasteiger partial charge in [0, 0.05) is 18.3 Å². The van der Waals surface area contributed by atoms with Crippen LogP contribution in [0, 0.1) is 0 Å². The molecule has 1 aromatic rings. The smallest absolute Gasteiger partial charge is 0.120 e. The van der Waals surface area contributed by atoms with E-state index >= 15 is 0 Å². The second kappa shape index (κ2) is 5.46. The highest BCUT2D eigenvalue weighted by Crippen LogP contribution is 2.03. The Labute approximate surface area is 79.0 Å². The van der Waals surface area contributed by atoms with Crippen LogP contribution in [0.15, 0.2) is 18.3 Å². The molecule has 1 rings (SSSR count). The van der Waals surface area contributed by atoms with E-state index < -0.39 is 0 Å². The number of rotatable bonds is 5. The summed E-state index contributed by atoms with van der Waals surface area (Å²) in [5, 5.41) is 0. The molecule has 0 atom stereocenters. The third-order valence-corrected chi connectivity index (χ3v) is 2.05. The number of aldehydes is 1. The number of unbranched alkanes of at least 4 members (excludes halogenated alkanes) is 1. The number of carbonyl (C=O) groups is 1. The van der Waals surface area contributed by atoms with E-state index in [9.17, 15) is 4.79 Å². The molecule has 0 saturated carbocycles. The Balaban J connectivity index is 2.44. The predicted octanol–water partition coefficient (Wildman–Crippen LogP) is 2.17. The first-order chi connectivity index (χ1) is 6.36. The number of carbonyl (C=O) groups excluding carboxylic acids is 1. The highest BCUT2D eigenvalue weighted by atomic mass is 16.1. The minimum absolute atomic E-state index is 0.636. The summed E-state index contributed by atoms with van der Waals surface area (Å²) in [5.41, 5.74) is 2.35. The van der Waals surface area contributed by atoms with Gasteiger partial charge in [0.05, 0.1) is 0 Å². The average Bonchev–Trinajstić information content (AvgIpc) is 2.19. The van der Waals surface area contributed by atoms with Gasteiger partial charge in [0.1, 0.15) is 6.29 Å². The maximum absolute atomic E-state index is 10.1. The second-order valence-electron chi connectivity index (χ2n) is 3.07. The van der Waals surface area contributed by atoms with Crippen LogP contribution >= 0.6 is 0 Å². The third kappa shape index (κ3) is 3.36. The molecule has 2 nitrogen and oxygen atoms in total. The number of aromatic nitrogens is 1. The van der Waals surface area contributed by atoms with Crippen molar-refractivity contribution >= 4 is 6.29 Å². The van der Waals surface area contributed by atoms with Crippen molar-refractivity contribution in [3.8, 4) is 0 Å². The van der Waals surface area contributed by atoms with Gasteiger partial charge >= 0.3 is 0 Å². The Morgan fingerprint density at radius 1 is 1.46 bits per heavy atom. The fourth-order valence-corrected chi connectivity index (χ4v) is 1.18. The van der Waals surface area contributed by atoms with Gasteiger partial charge in [0.2, 0.25) is 0 Å². The first-order valence-electron chi connectivity index (χ1n) is 4.74. The quantitative estimate of drug-likeness (QED) is 0.509. The SMILES string of the molecule is CCc1ccc(CCCC=O)nc1. The molecule has 0 unspecified atom stereocenters. The molecule has 1 aromatic heterocycles. The zero-order valence-corrected chi connectivity index (χ0v) is 7.99. The van der Waals surface area contributed by atoms with Gasteiger partial charge in [-0.25, -0.2) is 0 Å². The summed E-state index contributed by atoms with van der Waals surface area (Å²) in [5.74, 6) is 0. The highest BCUT2D eigenvalue weighted by molar-refractivity contribution is 5.49. The lowest BCUT2D eigenvalue weighted by atomic mass is 10.1. The van der Waals surface area contributed by atoms with Gasteiger partial charge in [0.15, 0.2) is 0 Å². The Kier molecular flexibility index (Phi) is 4.16. The lowest BCUT2D eigenvalue weighted by Crippen LogP contribution is -1.91. The zero-order chi connectivity index (χ0) is 9.52. The van der Waals surface area contributed by atoms with Crippen LogP contribution in [0.2, 0.25) is 0 Å². The van der Waals surface area contributed by atoms with E-state index in [0.29, 0.717) is 6.42 Å². The average molecular weight is 177 g/mol. The summed E-state index contributed by atoms with van der Waals surface area (Å²) < 4.78 is 0. The van der Waals surface area contributed by atoms with Gasteiger partial charge in [0.25, 0.3) is 0 Å². The molecule has 0 bridgehead atoms. The van der Waals surface area contributed by atoms with Crippen molar-refractivity contribution < 1.29 is 4.79 Å². The summed E-state index contributed by atoms with van der Waals surface area (Å²) >= 11 is 0. The van der Waals surface area contributed by atoms with Crippen molar-refractivity contribution in [3.63, 3.8) is 0 Å².